The van der Waals surface area contributed by atoms with E-state index in [9.17, 15) is 42.3 Å². The van der Waals surface area contributed by atoms with Gasteiger partial charge >= 0.3 is 11.9 Å². The van der Waals surface area contributed by atoms with Crippen molar-refractivity contribution < 1.29 is 51.6 Å². The van der Waals surface area contributed by atoms with Gasteiger partial charge in [0.25, 0.3) is 17.0 Å². The number of aryl methyl sites for hydroxylation is 2. The molecule has 3 saturated heterocycles. The van der Waals surface area contributed by atoms with Crippen molar-refractivity contribution in [2.24, 2.45) is 23.5 Å². The van der Waals surface area contributed by atoms with E-state index in [4.69, 9.17) is 24.7 Å². The molecular weight excluding hydrogens is 1540 g/mol. The molecule has 3 aliphatic heterocycles. The number of nitrogens with one attached hydrogen (secondary N) is 3. The standard InChI is InChI=1S/C31H40FN5O3S.C25H34FN3O3.C23H30FN3O3.C8H12N2OS.ClH/c1-17-11-27(41-4)26(30(38)35-17)14-34-31(39)28-19(3)37(29-25(28)12-21(32)13-33-29)18(2)20-5-7-22(8-6-20)36-15-24(16-36)40-23-9-10-23;1-4-31-25(30)23-16(3)29(24-22(23)11-18(26)12-27-24)15(2)17-5-7-19(8-6-17)28-13-21(14-28)32-20-9-10-20;1-13(27-14(2)21(23(28)29)20-9-16(24)10-25-22(20)27)15-3-5-17(6-4-15)26-11-19(12-26)30-18-7-8-18;1-5-3-7(12-2)6(4-9)8(11)10-5;/h11-13,18,20,22-24H,5-10,14-16H2,1-4H3,(H,34,39)(H,35,38);11-12,15,17,19-21H,4-10,13-14H2,1-3H3;9-10,13,15,17-19H,3-8,11-12H2,1-2H3,(H,28,29);3H,4,9H2,1-2H3,(H,10,11);1H/t18-,20?,22?;15-,17?,19?;13-,15?,17?;;/m111../s1. The third kappa shape index (κ3) is 19.3. The molecule has 23 nitrogen and oxygen atoms in total. The Morgan fingerprint density at radius 1 is 0.509 bits per heavy atom. The summed E-state index contributed by atoms with van der Waals surface area (Å²) in [7, 11) is 0. The average molecular weight is 1660 g/mol. The van der Waals surface area contributed by atoms with Crippen LogP contribution in [0.25, 0.3) is 33.1 Å². The van der Waals surface area contributed by atoms with Crippen LogP contribution in [0.1, 0.15) is 232 Å². The van der Waals surface area contributed by atoms with E-state index in [0.29, 0.717) is 140 Å². The number of rotatable bonds is 24. The second kappa shape index (κ2) is 37.7. The second-order valence-corrected chi connectivity index (χ2v) is 35.5. The maximum atomic E-state index is 14.4. The van der Waals surface area contributed by atoms with Gasteiger partial charge in [0.1, 0.15) is 34.4 Å². The van der Waals surface area contributed by atoms with E-state index in [-0.39, 0.29) is 66.3 Å². The Hall–Kier alpha value is -7.12. The van der Waals surface area contributed by atoms with E-state index in [0.717, 1.165) is 136 Å². The molecule has 0 radical (unpaired) electrons. The van der Waals surface area contributed by atoms with Crippen LogP contribution in [0.4, 0.5) is 13.2 Å². The first-order valence-corrected chi connectivity index (χ1v) is 44.3. The van der Waals surface area contributed by atoms with Crippen LogP contribution in [-0.2, 0) is 32.0 Å². The number of ether oxygens (including phenoxy) is 4. The van der Waals surface area contributed by atoms with Gasteiger partial charge in [-0.1, -0.05) is 0 Å². The molecule has 9 aliphatic rings. The van der Waals surface area contributed by atoms with Gasteiger partial charge in [-0.15, -0.1) is 35.9 Å². The van der Waals surface area contributed by atoms with Crippen LogP contribution >= 0.6 is 35.9 Å². The van der Waals surface area contributed by atoms with Crippen LogP contribution in [-0.4, -0.2) is 189 Å². The number of carboxylic acids is 1. The van der Waals surface area contributed by atoms with E-state index in [1.165, 1.54) is 99.9 Å². The van der Waals surface area contributed by atoms with E-state index < -0.39 is 29.4 Å². The molecule has 1 amide bonds. The molecule has 3 atom stereocenters. The fourth-order valence-electron chi connectivity index (χ4n) is 19.2. The minimum Gasteiger partial charge on any atom is -0.478 e. The van der Waals surface area contributed by atoms with Crippen LogP contribution in [0, 0.1) is 69.8 Å². The van der Waals surface area contributed by atoms with Crippen molar-refractivity contribution in [2.45, 2.75) is 274 Å². The minimum absolute atomic E-state index is 0. The van der Waals surface area contributed by atoms with Crippen molar-refractivity contribution in [2.75, 3.05) is 58.4 Å². The van der Waals surface area contributed by atoms with Gasteiger partial charge in [-0.3, -0.25) is 29.1 Å². The first-order chi connectivity index (χ1) is 55.3. The number of fused-ring (bicyclic) bond motifs is 3. The van der Waals surface area contributed by atoms with Gasteiger partial charge in [0.15, 0.2) is 0 Å². The van der Waals surface area contributed by atoms with E-state index in [1.54, 1.807) is 18.7 Å². The molecule has 0 bridgehead atoms. The SMILES string of the molecule is CCOC(=O)c1c(C)n([C@H](C)C2CCC(N3CC(OC4CC4)C3)CC2)c2ncc(F)cc12.CSc1cc(C)[nH]c(=O)c1CN.CSc1cc(C)[nH]c(=O)c1CNC(=O)c1c(C)n([C@H](C)C2CCC(N3CC(OC4CC4)C3)CC2)c2ncc(F)cc12.Cc1c(C(=O)O)c2cc(F)cnc2n1[C@H](C)C1CCC(N2CC(OC3CC3)C2)CC1.Cl. The quantitative estimate of drug-likeness (QED) is 0.0278. The molecule has 0 aromatic carbocycles. The number of amides is 1. The summed E-state index contributed by atoms with van der Waals surface area (Å²) in [4.78, 5) is 90.2. The van der Waals surface area contributed by atoms with Crippen LogP contribution in [0.5, 0.6) is 0 Å². The lowest BCUT2D eigenvalue weighted by Crippen LogP contribution is -2.57. The summed E-state index contributed by atoms with van der Waals surface area (Å²) < 4.78 is 71.8. The number of pyridine rings is 5. The third-order valence-electron chi connectivity index (χ3n) is 26.0. The molecule has 0 unspecified atom stereocenters. The Bertz CT molecular complexity index is 4940. The van der Waals surface area contributed by atoms with Crippen LogP contribution in [0.3, 0.4) is 0 Å². The highest BCUT2D eigenvalue weighted by Gasteiger charge is 2.44. The summed E-state index contributed by atoms with van der Waals surface area (Å²) >= 11 is 3.02. The summed E-state index contributed by atoms with van der Waals surface area (Å²) in [5.74, 6) is -1.78. The maximum Gasteiger partial charge on any atom is 0.340 e. The molecular formula is C87H117ClF3N13O10S2. The van der Waals surface area contributed by atoms with Crippen molar-refractivity contribution >= 4 is 86.9 Å². The van der Waals surface area contributed by atoms with Gasteiger partial charge in [-0.05, 0) is 238 Å². The molecule has 8 aromatic heterocycles. The molecule has 9 fully saturated rings. The largest absolute Gasteiger partial charge is 0.478 e. The number of aromatic carboxylic acids is 1. The topological polar surface area (TPSA) is 275 Å². The molecule has 17 rings (SSSR count). The highest BCUT2D eigenvalue weighted by molar-refractivity contribution is 7.98. The van der Waals surface area contributed by atoms with Gasteiger partial charge in [-0.25, -0.2) is 37.7 Å². The molecule has 6 saturated carbocycles. The number of hydrogen-bond donors (Lipinski definition) is 5. The summed E-state index contributed by atoms with van der Waals surface area (Å²) in [6.07, 6.45) is 31.5. The van der Waals surface area contributed by atoms with Crippen LogP contribution in [0.2, 0.25) is 0 Å². The summed E-state index contributed by atoms with van der Waals surface area (Å²) in [5, 5.41) is 14.1. The summed E-state index contributed by atoms with van der Waals surface area (Å²) in [5.41, 5.74) is 13.1. The van der Waals surface area contributed by atoms with Crippen molar-refractivity contribution in [1.29, 1.82) is 0 Å². The monoisotopic (exact) mass is 1660 g/mol. The Morgan fingerprint density at radius 2 is 0.836 bits per heavy atom. The number of halogens is 4. The zero-order valence-corrected chi connectivity index (χ0v) is 71.4. The highest BCUT2D eigenvalue weighted by Crippen LogP contribution is 2.45. The molecule has 630 valence electrons. The van der Waals surface area contributed by atoms with Crippen molar-refractivity contribution in [3.8, 4) is 0 Å². The van der Waals surface area contributed by atoms with E-state index in [1.807, 2.05) is 63.8 Å². The van der Waals surface area contributed by atoms with E-state index >= 15 is 0 Å². The number of H-pyrrole nitrogens is 2. The molecule has 0 spiro atoms. The number of hydrogen-bond acceptors (Lipinski definition) is 18. The Labute approximate surface area is 692 Å². The molecule has 29 heteroatoms. The number of aromatic nitrogens is 8. The van der Waals surface area contributed by atoms with Gasteiger partial charge in [0, 0.05) is 154 Å². The number of esters is 1. The van der Waals surface area contributed by atoms with Gasteiger partial charge in [0.2, 0.25) is 0 Å². The van der Waals surface area contributed by atoms with Crippen molar-refractivity contribution in [3.05, 3.63) is 143 Å². The third-order valence-corrected chi connectivity index (χ3v) is 27.6. The average Bonchev–Trinajstić information content (AvgIpc) is 1.61. The highest BCUT2D eigenvalue weighted by atomic mass is 35.5. The van der Waals surface area contributed by atoms with Crippen molar-refractivity contribution in [3.63, 3.8) is 0 Å². The molecule has 8 aromatic rings. The number of nitrogens with zero attached hydrogens (tertiary/aromatic N) is 9. The summed E-state index contributed by atoms with van der Waals surface area (Å²) in [6.45, 7) is 24.8. The minimum atomic E-state index is -1.03. The molecule has 116 heavy (non-hydrogen) atoms. The first-order valence-electron chi connectivity index (χ1n) is 41.9. The first kappa shape index (κ1) is 86.7. The molecule has 6 aliphatic carbocycles. The molecule has 6 N–H and O–H groups in total. The van der Waals surface area contributed by atoms with Crippen molar-refractivity contribution in [1.82, 2.24) is 58.6 Å². The van der Waals surface area contributed by atoms with Gasteiger partial charge in [-0.2, -0.15) is 0 Å². The van der Waals surface area contributed by atoms with Crippen LogP contribution < -0.4 is 22.2 Å². The fraction of sp³-hybridized carbons (Fsp3) is 0.609. The lowest BCUT2D eigenvalue weighted by molar-refractivity contribution is -0.0864. The van der Waals surface area contributed by atoms with Gasteiger partial charge in [0.05, 0.1) is 78.5 Å². The fourth-order valence-corrected chi connectivity index (χ4v) is 20.6. The van der Waals surface area contributed by atoms with Gasteiger partial charge < -0.3 is 58.8 Å². The predicted molar refractivity (Wildman–Crippen MR) is 449 cm³/mol. The Morgan fingerprint density at radius 3 is 1.17 bits per heavy atom. The number of likely N-dealkylation sites (tertiary alicyclic amines) is 3. The summed E-state index contributed by atoms with van der Waals surface area (Å²) in [6, 6.07) is 10.3. The lowest BCUT2D eigenvalue weighted by atomic mass is 9.80. The number of carboxylic acid groups (broad SMARTS) is 1. The number of carbonyl (C=O) groups excluding carboxylic acids is 2. The Kier molecular flexibility index (Phi) is 28.2. The zero-order chi connectivity index (χ0) is 81.4. The number of carbonyl (C=O) groups is 3. The van der Waals surface area contributed by atoms with E-state index in [2.05, 4.69) is 74.8 Å². The predicted octanol–water partition coefficient (Wildman–Crippen LogP) is 15.2. The number of nitrogens with two attached hydrogens (primary N) is 1. The van der Waals surface area contributed by atoms with Crippen LogP contribution in [0.15, 0.2) is 68.3 Å². The number of aromatic amines is 2. The zero-order valence-electron chi connectivity index (χ0n) is 69.0. The lowest BCUT2D eigenvalue weighted by Gasteiger charge is -2.47. The number of thioether (sulfide) groups is 2. The molecule has 11 heterocycles. The normalized spacial score (nSPS) is 23.0. The maximum absolute atomic E-state index is 14.4. The second-order valence-electron chi connectivity index (χ2n) is 33.8. The Balaban J connectivity index is 0.000000142. The smallest absolute Gasteiger partial charge is 0.340 e.